The molecule has 2 aromatic rings. The standard InChI is InChI=1S/C16H18N2O2S/c1-18(2)16(20)17-13(15-9-6-10-21-15)11-14(19)12-7-4-3-5-8-12/h3-10,13H,11H2,1-2H3,(H,17,20). The van der Waals surface area contributed by atoms with Crippen molar-refractivity contribution in [3.8, 4) is 0 Å². The zero-order chi connectivity index (χ0) is 15.2. The molecule has 0 saturated heterocycles. The molecule has 1 aromatic carbocycles. The fraction of sp³-hybridized carbons (Fsp3) is 0.250. The molecule has 0 saturated carbocycles. The van der Waals surface area contributed by atoms with Crippen molar-refractivity contribution in [3.05, 3.63) is 58.3 Å². The van der Waals surface area contributed by atoms with E-state index in [1.807, 2.05) is 35.7 Å². The number of amides is 2. The van der Waals surface area contributed by atoms with Crippen LogP contribution in [-0.4, -0.2) is 30.8 Å². The number of carbonyl (C=O) groups excluding carboxylic acids is 2. The number of urea groups is 1. The molecule has 0 radical (unpaired) electrons. The summed E-state index contributed by atoms with van der Waals surface area (Å²) in [6.45, 7) is 0. The maximum absolute atomic E-state index is 12.3. The molecular formula is C16H18N2O2S. The topological polar surface area (TPSA) is 49.4 Å². The zero-order valence-electron chi connectivity index (χ0n) is 12.1. The van der Waals surface area contributed by atoms with Crippen LogP contribution in [0.5, 0.6) is 0 Å². The average Bonchev–Trinajstić information content (AvgIpc) is 3.01. The molecule has 21 heavy (non-hydrogen) atoms. The van der Waals surface area contributed by atoms with Crippen molar-refractivity contribution in [3.63, 3.8) is 0 Å². The molecule has 0 aliphatic heterocycles. The largest absolute Gasteiger partial charge is 0.331 e. The number of benzene rings is 1. The Morgan fingerprint density at radius 1 is 1.14 bits per heavy atom. The molecule has 0 aliphatic carbocycles. The van der Waals surface area contributed by atoms with Gasteiger partial charge in [-0.25, -0.2) is 4.79 Å². The normalized spacial score (nSPS) is 11.7. The first-order valence-corrected chi connectivity index (χ1v) is 7.55. The SMILES string of the molecule is CN(C)C(=O)NC(CC(=O)c1ccccc1)c1cccs1. The molecule has 5 heteroatoms. The van der Waals surface area contributed by atoms with Gasteiger partial charge in [0, 0.05) is 31.0 Å². The van der Waals surface area contributed by atoms with E-state index in [1.165, 1.54) is 16.2 Å². The number of Topliss-reactive ketones (excluding diaryl/α,β-unsaturated/α-hetero) is 1. The van der Waals surface area contributed by atoms with E-state index < -0.39 is 0 Å². The zero-order valence-corrected chi connectivity index (χ0v) is 12.9. The highest BCUT2D eigenvalue weighted by atomic mass is 32.1. The third kappa shape index (κ3) is 4.16. The van der Waals surface area contributed by atoms with Gasteiger partial charge in [-0.15, -0.1) is 11.3 Å². The summed E-state index contributed by atoms with van der Waals surface area (Å²) in [7, 11) is 3.36. The van der Waals surface area contributed by atoms with Gasteiger partial charge in [-0.1, -0.05) is 36.4 Å². The van der Waals surface area contributed by atoms with E-state index in [-0.39, 0.29) is 24.3 Å². The Hall–Kier alpha value is -2.14. The van der Waals surface area contributed by atoms with Crippen LogP contribution in [0, 0.1) is 0 Å². The van der Waals surface area contributed by atoms with Crippen molar-refractivity contribution in [1.29, 1.82) is 0 Å². The Morgan fingerprint density at radius 3 is 2.43 bits per heavy atom. The molecule has 0 fully saturated rings. The Labute approximate surface area is 128 Å². The summed E-state index contributed by atoms with van der Waals surface area (Å²) in [5.74, 6) is 0.0213. The second kappa shape index (κ2) is 7.04. The Kier molecular flexibility index (Phi) is 5.11. The van der Waals surface area contributed by atoms with Gasteiger partial charge in [0.2, 0.25) is 0 Å². The van der Waals surface area contributed by atoms with E-state index in [2.05, 4.69) is 5.32 Å². The maximum Gasteiger partial charge on any atom is 0.317 e. The highest BCUT2D eigenvalue weighted by molar-refractivity contribution is 7.10. The lowest BCUT2D eigenvalue weighted by molar-refractivity contribution is 0.0970. The summed E-state index contributed by atoms with van der Waals surface area (Å²) >= 11 is 1.54. The quantitative estimate of drug-likeness (QED) is 0.861. The smallest absolute Gasteiger partial charge is 0.317 e. The van der Waals surface area contributed by atoms with Gasteiger partial charge in [0.25, 0.3) is 0 Å². The van der Waals surface area contributed by atoms with Crippen molar-refractivity contribution in [2.75, 3.05) is 14.1 Å². The summed E-state index contributed by atoms with van der Waals surface area (Å²) in [4.78, 5) is 26.7. The van der Waals surface area contributed by atoms with Gasteiger partial charge in [-0.2, -0.15) is 0 Å². The first kappa shape index (κ1) is 15.3. The van der Waals surface area contributed by atoms with Gasteiger partial charge in [-0.3, -0.25) is 4.79 Å². The van der Waals surface area contributed by atoms with Crippen LogP contribution >= 0.6 is 11.3 Å². The van der Waals surface area contributed by atoms with Crippen LogP contribution in [0.3, 0.4) is 0 Å². The minimum absolute atomic E-state index is 0.0213. The molecule has 1 N–H and O–H groups in total. The molecule has 0 aliphatic rings. The second-order valence-electron chi connectivity index (χ2n) is 4.91. The van der Waals surface area contributed by atoms with Gasteiger partial charge < -0.3 is 10.2 Å². The van der Waals surface area contributed by atoms with Crippen LogP contribution < -0.4 is 5.32 Å². The monoisotopic (exact) mass is 302 g/mol. The number of hydrogen-bond acceptors (Lipinski definition) is 3. The molecule has 1 atom stereocenters. The van der Waals surface area contributed by atoms with Gasteiger partial charge in [0.15, 0.2) is 5.78 Å². The molecule has 1 unspecified atom stereocenters. The summed E-state index contributed by atoms with van der Waals surface area (Å²) in [5.41, 5.74) is 0.665. The number of nitrogens with one attached hydrogen (secondary N) is 1. The van der Waals surface area contributed by atoms with Crippen molar-refractivity contribution in [2.45, 2.75) is 12.5 Å². The molecule has 4 nitrogen and oxygen atoms in total. The van der Waals surface area contributed by atoms with Gasteiger partial charge >= 0.3 is 6.03 Å². The lowest BCUT2D eigenvalue weighted by atomic mass is 10.0. The van der Waals surface area contributed by atoms with Crippen LogP contribution in [0.4, 0.5) is 4.79 Å². The Balaban J connectivity index is 2.13. The van der Waals surface area contributed by atoms with Crippen LogP contribution in [0.15, 0.2) is 47.8 Å². The number of carbonyl (C=O) groups is 2. The van der Waals surface area contributed by atoms with Crippen molar-refractivity contribution in [2.24, 2.45) is 0 Å². The first-order chi connectivity index (χ1) is 10.1. The summed E-state index contributed by atoms with van der Waals surface area (Å²) in [6, 6.07) is 12.5. The van der Waals surface area contributed by atoms with E-state index >= 15 is 0 Å². The van der Waals surface area contributed by atoms with Crippen LogP contribution in [-0.2, 0) is 0 Å². The van der Waals surface area contributed by atoms with E-state index in [9.17, 15) is 9.59 Å². The molecule has 1 heterocycles. The number of nitrogens with zero attached hydrogens (tertiary/aromatic N) is 1. The average molecular weight is 302 g/mol. The van der Waals surface area contributed by atoms with Crippen LogP contribution in [0.1, 0.15) is 27.7 Å². The molecular weight excluding hydrogens is 284 g/mol. The first-order valence-electron chi connectivity index (χ1n) is 6.67. The lowest BCUT2D eigenvalue weighted by Crippen LogP contribution is -2.37. The summed E-state index contributed by atoms with van der Waals surface area (Å²) in [6.07, 6.45) is 0.254. The number of hydrogen-bond donors (Lipinski definition) is 1. The van der Waals surface area contributed by atoms with Crippen molar-refractivity contribution in [1.82, 2.24) is 10.2 Å². The van der Waals surface area contributed by atoms with Crippen molar-refractivity contribution < 1.29 is 9.59 Å². The lowest BCUT2D eigenvalue weighted by Gasteiger charge is -2.20. The highest BCUT2D eigenvalue weighted by Crippen LogP contribution is 2.24. The fourth-order valence-electron chi connectivity index (χ4n) is 1.92. The van der Waals surface area contributed by atoms with E-state index in [0.29, 0.717) is 5.56 Å². The van der Waals surface area contributed by atoms with Crippen molar-refractivity contribution >= 4 is 23.2 Å². The maximum atomic E-state index is 12.3. The summed E-state index contributed by atoms with van der Waals surface area (Å²) in [5, 5.41) is 4.84. The van der Waals surface area contributed by atoms with E-state index in [1.54, 1.807) is 26.2 Å². The van der Waals surface area contributed by atoms with E-state index in [4.69, 9.17) is 0 Å². The third-order valence-corrected chi connectivity index (χ3v) is 4.06. The minimum Gasteiger partial charge on any atom is -0.331 e. The van der Waals surface area contributed by atoms with Crippen LogP contribution in [0.2, 0.25) is 0 Å². The molecule has 1 aromatic heterocycles. The molecule has 2 amide bonds. The third-order valence-electron chi connectivity index (χ3n) is 3.08. The van der Waals surface area contributed by atoms with Crippen LogP contribution in [0.25, 0.3) is 0 Å². The van der Waals surface area contributed by atoms with Gasteiger partial charge in [0.1, 0.15) is 0 Å². The summed E-state index contributed by atoms with van der Waals surface area (Å²) < 4.78 is 0. The minimum atomic E-state index is -0.299. The number of thiophene rings is 1. The number of ketones is 1. The molecule has 0 bridgehead atoms. The highest BCUT2D eigenvalue weighted by Gasteiger charge is 2.20. The molecule has 110 valence electrons. The fourth-order valence-corrected chi connectivity index (χ4v) is 2.70. The predicted octanol–water partition coefficient (Wildman–Crippen LogP) is 3.33. The molecule has 2 rings (SSSR count). The number of rotatable bonds is 5. The van der Waals surface area contributed by atoms with Gasteiger partial charge in [-0.05, 0) is 11.4 Å². The second-order valence-corrected chi connectivity index (χ2v) is 5.88. The predicted molar refractivity (Wildman–Crippen MR) is 84.7 cm³/mol. The van der Waals surface area contributed by atoms with E-state index in [0.717, 1.165) is 4.88 Å². The Morgan fingerprint density at radius 2 is 1.86 bits per heavy atom. The molecule has 0 spiro atoms. The Bertz CT molecular complexity index is 594. The van der Waals surface area contributed by atoms with Gasteiger partial charge in [0.05, 0.1) is 6.04 Å².